The van der Waals surface area contributed by atoms with Crippen LogP contribution in [-0.2, 0) is 40.1 Å². The van der Waals surface area contributed by atoms with Crippen LogP contribution in [0.25, 0.3) is 0 Å². The molecule has 1 saturated heterocycles. The number of ether oxygens (including phenoxy) is 2. The number of amides is 4. The van der Waals surface area contributed by atoms with E-state index in [1.54, 1.807) is 37.3 Å². The molecule has 4 amide bonds. The van der Waals surface area contributed by atoms with Gasteiger partial charge in [0.15, 0.2) is 0 Å². The van der Waals surface area contributed by atoms with E-state index in [1.165, 1.54) is 12.2 Å². The molecule has 1 fully saturated rings. The van der Waals surface area contributed by atoms with Crippen molar-refractivity contribution < 1.29 is 43.3 Å². The maximum absolute atomic E-state index is 13.4. The van der Waals surface area contributed by atoms with Gasteiger partial charge in [-0.1, -0.05) is 50.3 Å². The van der Waals surface area contributed by atoms with Gasteiger partial charge in [-0.25, -0.2) is 9.59 Å². The number of hydrogen-bond acceptors (Lipinski definition) is 8. The lowest BCUT2D eigenvalue weighted by atomic mass is 9.97. The number of aliphatic carboxylic acids is 1. The van der Waals surface area contributed by atoms with Crippen LogP contribution in [0.15, 0.2) is 42.5 Å². The molecule has 1 aliphatic rings. The molecule has 4 atom stereocenters. The molecule has 1 unspecified atom stereocenters. The molecular formula is C29H40N4O9. The van der Waals surface area contributed by atoms with Crippen LogP contribution < -0.4 is 21.3 Å². The van der Waals surface area contributed by atoms with Crippen molar-refractivity contribution in [1.29, 1.82) is 0 Å². The fourth-order valence-electron chi connectivity index (χ4n) is 4.30. The predicted molar refractivity (Wildman–Crippen MR) is 151 cm³/mol. The molecule has 0 aromatic heterocycles. The lowest BCUT2D eigenvalue weighted by Crippen LogP contribution is -2.55. The number of carboxylic acids is 1. The van der Waals surface area contributed by atoms with Gasteiger partial charge in [0.2, 0.25) is 17.7 Å². The van der Waals surface area contributed by atoms with Crippen molar-refractivity contribution in [1.82, 2.24) is 21.3 Å². The monoisotopic (exact) mass is 588 g/mol. The van der Waals surface area contributed by atoms with E-state index in [9.17, 15) is 33.9 Å². The summed E-state index contributed by atoms with van der Waals surface area (Å²) in [5.41, 5.74) is 0.696. The molecule has 1 aliphatic heterocycles. The van der Waals surface area contributed by atoms with Crippen molar-refractivity contribution in [2.75, 3.05) is 13.2 Å². The van der Waals surface area contributed by atoms with Gasteiger partial charge in [-0.3, -0.25) is 19.2 Å². The summed E-state index contributed by atoms with van der Waals surface area (Å²) in [6, 6.07) is 5.43. The number of nitrogens with one attached hydrogen (secondary N) is 4. The van der Waals surface area contributed by atoms with Crippen LogP contribution in [-0.4, -0.2) is 72.1 Å². The van der Waals surface area contributed by atoms with Crippen molar-refractivity contribution in [3.8, 4) is 0 Å². The third-order valence-corrected chi connectivity index (χ3v) is 6.32. The highest BCUT2D eigenvalue weighted by Gasteiger charge is 2.32. The van der Waals surface area contributed by atoms with Crippen molar-refractivity contribution >= 4 is 35.8 Å². The topological polar surface area (TPSA) is 189 Å². The first-order valence-electron chi connectivity index (χ1n) is 13.9. The summed E-state index contributed by atoms with van der Waals surface area (Å²) in [4.78, 5) is 74.3. The molecule has 0 bridgehead atoms. The van der Waals surface area contributed by atoms with E-state index in [1.807, 2.05) is 13.8 Å². The van der Waals surface area contributed by atoms with Crippen LogP contribution >= 0.6 is 0 Å². The first-order valence-corrected chi connectivity index (χ1v) is 13.9. The lowest BCUT2D eigenvalue weighted by molar-refractivity contribution is -0.140. The Morgan fingerprint density at radius 2 is 1.71 bits per heavy atom. The Labute approximate surface area is 244 Å². The number of carbonyl (C=O) groups is 6. The minimum absolute atomic E-state index is 0.0584. The van der Waals surface area contributed by atoms with Crippen LogP contribution in [0.2, 0.25) is 0 Å². The Balaban J connectivity index is 2.13. The second-order valence-corrected chi connectivity index (χ2v) is 10.3. The number of benzene rings is 1. The molecule has 230 valence electrons. The predicted octanol–water partition coefficient (Wildman–Crippen LogP) is 1.42. The van der Waals surface area contributed by atoms with Crippen LogP contribution in [0.1, 0.15) is 52.0 Å². The van der Waals surface area contributed by atoms with Gasteiger partial charge < -0.3 is 35.8 Å². The van der Waals surface area contributed by atoms with E-state index in [4.69, 9.17) is 9.47 Å². The SMILES string of the molecule is CCOC(=O)/C=C/[C@H](CC1CCNC1=O)NC(=O)[C@H](CC(C)C)NC(=O)[C@H](CC(=O)O)NC(=O)OCc1ccccc1. The Bertz CT molecular complexity index is 1120. The molecule has 13 heteroatoms. The van der Waals surface area contributed by atoms with E-state index in [0.717, 1.165) is 0 Å². The normalized spacial score (nSPS) is 16.7. The summed E-state index contributed by atoms with van der Waals surface area (Å²) < 4.78 is 10.0. The van der Waals surface area contributed by atoms with E-state index < -0.39 is 54.4 Å². The number of esters is 1. The average molecular weight is 589 g/mol. The molecule has 0 saturated carbocycles. The van der Waals surface area contributed by atoms with Gasteiger partial charge in [0, 0.05) is 24.6 Å². The molecule has 13 nitrogen and oxygen atoms in total. The molecule has 42 heavy (non-hydrogen) atoms. The highest BCUT2D eigenvalue weighted by atomic mass is 16.5. The molecule has 2 rings (SSSR count). The maximum Gasteiger partial charge on any atom is 0.408 e. The average Bonchev–Trinajstić information content (AvgIpc) is 3.33. The molecule has 1 aromatic rings. The number of rotatable bonds is 16. The Hall–Kier alpha value is -4.42. The van der Waals surface area contributed by atoms with E-state index in [0.29, 0.717) is 18.5 Å². The second kappa shape index (κ2) is 17.4. The molecular weight excluding hydrogens is 548 g/mol. The molecule has 1 heterocycles. The molecule has 0 radical (unpaired) electrons. The Kier molecular flexibility index (Phi) is 14.0. The van der Waals surface area contributed by atoms with E-state index in [2.05, 4.69) is 21.3 Å². The standard InChI is InChI=1S/C29H40N4O9/c1-4-41-25(36)11-10-21(15-20-12-13-30-26(20)37)31-27(38)22(14-18(2)3)32-28(39)23(16-24(34)35)33-29(40)42-17-19-8-6-5-7-9-19/h5-11,18,20-23H,4,12-17H2,1-3H3,(H,30,37)(H,31,38)(H,32,39)(H,33,40)(H,34,35)/b11-10+/t20?,21-,22+,23+/m1/s1. The summed E-state index contributed by atoms with van der Waals surface area (Å²) >= 11 is 0. The van der Waals surface area contributed by atoms with E-state index in [-0.39, 0.29) is 43.8 Å². The summed E-state index contributed by atoms with van der Waals surface area (Å²) in [5, 5.41) is 19.6. The van der Waals surface area contributed by atoms with Gasteiger partial charge in [-0.05, 0) is 37.7 Å². The van der Waals surface area contributed by atoms with Crippen molar-refractivity contribution in [2.45, 2.75) is 71.2 Å². The van der Waals surface area contributed by atoms with Crippen LogP contribution in [0, 0.1) is 11.8 Å². The zero-order valence-electron chi connectivity index (χ0n) is 24.1. The molecule has 1 aromatic carbocycles. The summed E-state index contributed by atoms with van der Waals surface area (Å²) in [6.07, 6.45) is 1.83. The quantitative estimate of drug-likeness (QED) is 0.140. The molecule has 0 aliphatic carbocycles. The first-order chi connectivity index (χ1) is 20.0. The van der Waals surface area contributed by atoms with Gasteiger partial charge in [0.1, 0.15) is 18.7 Å². The zero-order chi connectivity index (χ0) is 31.1. The maximum atomic E-state index is 13.4. The second-order valence-electron chi connectivity index (χ2n) is 10.3. The van der Waals surface area contributed by atoms with Gasteiger partial charge in [0.25, 0.3) is 0 Å². The van der Waals surface area contributed by atoms with E-state index >= 15 is 0 Å². The minimum atomic E-state index is -1.52. The summed E-state index contributed by atoms with van der Waals surface area (Å²) in [6.45, 7) is 5.90. The number of carboxylic acid groups (broad SMARTS) is 1. The smallest absolute Gasteiger partial charge is 0.408 e. The Morgan fingerprint density at radius 3 is 2.31 bits per heavy atom. The van der Waals surface area contributed by atoms with Crippen molar-refractivity contribution in [3.05, 3.63) is 48.0 Å². The minimum Gasteiger partial charge on any atom is -0.481 e. The lowest BCUT2D eigenvalue weighted by Gasteiger charge is -2.26. The highest BCUT2D eigenvalue weighted by molar-refractivity contribution is 5.93. The van der Waals surface area contributed by atoms with Gasteiger partial charge >= 0.3 is 18.0 Å². The van der Waals surface area contributed by atoms with Crippen LogP contribution in [0.4, 0.5) is 4.79 Å². The van der Waals surface area contributed by atoms with Crippen LogP contribution in [0.3, 0.4) is 0 Å². The number of carbonyl (C=O) groups excluding carboxylic acids is 5. The van der Waals surface area contributed by atoms with Crippen molar-refractivity contribution in [2.24, 2.45) is 11.8 Å². The third kappa shape index (κ3) is 12.4. The number of alkyl carbamates (subject to hydrolysis) is 1. The summed E-state index contributed by atoms with van der Waals surface area (Å²) in [7, 11) is 0. The largest absolute Gasteiger partial charge is 0.481 e. The van der Waals surface area contributed by atoms with Crippen molar-refractivity contribution in [3.63, 3.8) is 0 Å². The van der Waals surface area contributed by atoms with Crippen LogP contribution in [0.5, 0.6) is 0 Å². The highest BCUT2D eigenvalue weighted by Crippen LogP contribution is 2.17. The fraction of sp³-hybridized carbons (Fsp3) is 0.517. The first kappa shape index (κ1) is 33.8. The molecule has 5 N–H and O–H groups in total. The third-order valence-electron chi connectivity index (χ3n) is 6.32. The fourth-order valence-corrected chi connectivity index (χ4v) is 4.30. The van der Waals surface area contributed by atoms with Gasteiger partial charge in [-0.15, -0.1) is 0 Å². The van der Waals surface area contributed by atoms with Gasteiger partial charge in [-0.2, -0.15) is 0 Å². The zero-order valence-corrected chi connectivity index (χ0v) is 24.1. The number of hydrogen-bond donors (Lipinski definition) is 5. The Morgan fingerprint density at radius 1 is 1.02 bits per heavy atom. The summed E-state index contributed by atoms with van der Waals surface area (Å²) in [5.74, 6) is -4.04. The molecule has 0 spiro atoms. The van der Waals surface area contributed by atoms with Gasteiger partial charge in [0.05, 0.1) is 13.0 Å².